The van der Waals surface area contributed by atoms with Crippen molar-refractivity contribution >= 4 is 28.1 Å². The van der Waals surface area contributed by atoms with Crippen LogP contribution in [0, 0.1) is 0 Å². The maximum Gasteiger partial charge on any atom is 0.338 e. The molecule has 0 unspecified atom stereocenters. The summed E-state index contributed by atoms with van der Waals surface area (Å²) in [7, 11) is 3.13. The number of nitrogens with zero attached hydrogens (tertiary/aromatic N) is 2. The van der Waals surface area contributed by atoms with E-state index in [-0.39, 0.29) is 11.3 Å². The SMILES string of the molecule is COc1cc2ncnc(-c3ccc(/C(C(=O)O)=C(\N)c4ccc(CN)cc4)cc3)c2cc1OC. The molecule has 0 atom stereocenters. The molecule has 1 aromatic heterocycles. The van der Waals surface area contributed by atoms with Gasteiger partial charge in [0.05, 0.1) is 36.7 Å². The van der Waals surface area contributed by atoms with Crippen LogP contribution in [0.1, 0.15) is 16.7 Å². The minimum absolute atomic E-state index is 0.0194. The summed E-state index contributed by atoms with van der Waals surface area (Å²) in [5.74, 6) is 0.0193. The van der Waals surface area contributed by atoms with Crippen LogP contribution in [0.5, 0.6) is 11.5 Å². The fraction of sp³-hybridized carbons (Fsp3) is 0.115. The number of nitrogens with two attached hydrogens (primary N) is 2. The summed E-state index contributed by atoms with van der Waals surface area (Å²) in [4.78, 5) is 20.9. The summed E-state index contributed by atoms with van der Waals surface area (Å²) in [5, 5.41) is 10.7. The molecule has 34 heavy (non-hydrogen) atoms. The van der Waals surface area contributed by atoms with Gasteiger partial charge < -0.3 is 26.0 Å². The normalized spacial score (nSPS) is 11.7. The summed E-state index contributed by atoms with van der Waals surface area (Å²) >= 11 is 0. The maximum atomic E-state index is 12.1. The Balaban J connectivity index is 1.77. The number of aliphatic carboxylic acids is 1. The maximum absolute atomic E-state index is 12.1. The number of carboxylic acids is 1. The summed E-state index contributed by atoms with van der Waals surface area (Å²) in [5.41, 5.74) is 16.3. The summed E-state index contributed by atoms with van der Waals surface area (Å²) in [6.45, 7) is 0.396. The summed E-state index contributed by atoms with van der Waals surface area (Å²) in [6.07, 6.45) is 1.48. The van der Waals surface area contributed by atoms with Crippen LogP contribution in [0.15, 0.2) is 67.0 Å². The number of rotatable bonds is 7. The van der Waals surface area contributed by atoms with E-state index in [9.17, 15) is 9.90 Å². The molecule has 4 rings (SSSR count). The first-order chi connectivity index (χ1) is 16.5. The van der Waals surface area contributed by atoms with Crippen molar-refractivity contribution in [2.75, 3.05) is 14.2 Å². The molecule has 0 aliphatic rings. The van der Waals surface area contributed by atoms with Gasteiger partial charge >= 0.3 is 5.97 Å². The highest BCUT2D eigenvalue weighted by Gasteiger charge is 2.18. The van der Waals surface area contributed by atoms with Gasteiger partial charge in [0, 0.05) is 23.6 Å². The van der Waals surface area contributed by atoms with Crippen LogP contribution >= 0.6 is 0 Å². The van der Waals surface area contributed by atoms with Crippen molar-refractivity contribution in [1.82, 2.24) is 9.97 Å². The van der Waals surface area contributed by atoms with Gasteiger partial charge in [-0.05, 0) is 22.8 Å². The number of benzene rings is 3. The molecule has 0 fully saturated rings. The zero-order valence-electron chi connectivity index (χ0n) is 18.8. The first kappa shape index (κ1) is 22.8. The molecule has 8 nitrogen and oxygen atoms in total. The number of methoxy groups -OCH3 is 2. The second-order valence-corrected chi connectivity index (χ2v) is 7.52. The smallest absolute Gasteiger partial charge is 0.338 e. The number of fused-ring (bicyclic) bond motifs is 1. The van der Waals surface area contributed by atoms with Crippen molar-refractivity contribution in [2.45, 2.75) is 6.54 Å². The molecule has 1 heterocycles. The lowest BCUT2D eigenvalue weighted by atomic mass is 9.97. The summed E-state index contributed by atoms with van der Waals surface area (Å²) < 4.78 is 10.8. The lowest BCUT2D eigenvalue weighted by Crippen LogP contribution is -2.09. The number of hydrogen-bond acceptors (Lipinski definition) is 7. The predicted molar refractivity (Wildman–Crippen MR) is 131 cm³/mol. The van der Waals surface area contributed by atoms with Gasteiger partial charge in [0.15, 0.2) is 11.5 Å². The second kappa shape index (κ2) is 9.60. The van der Waals surface area contributed by atoms with Gasteiger partial charge in [0.1, 0.15) is 6.33 Å². The largest absolute Gasteiger partial charge is 0.493 e. The van der Waals surface area contributed by atoms with Crippen LogP contribution in [0.2, 0.25) is 0 Å². The van der Waals surface area contributed by atoms with Crippen molar-refractivity contribution < 1.29 is 19.4 Å². The van der Waals surface area contributed by atoms with E-state index >= 15 is 0 Å². The second-order valence-electron chi connectivity index (χ2n) is 7.52. The molecule has 0 amide bonds. The Bertz CT molecular complexity index is 1380. The Morgan fingerprint density at radius 1 is 0.912 bits per heavy atom. The number of carboxylic acid groups (broad SMARTS) is 1. The topological polar surface area (TPSA) is 134 Å². The van der Waals surface area contributed by atoms with Crippen molar-refractivity contribution in [1.29, 1.82) is 0 Å². The third-order valence-electron chi connectivity index (χ3n) is 5.57. The highest BCUT2D eigenvalue weighted by Crippen LogP contribution is 2.35. The van der Waals surface area contributed by atoms with Gasteiger partial charge in [-0.1, -0.05) is 48.5 Å². The number of hydrogen-bond donors (Lipinski definition) is 3. The minimum Gasteiger partial charge on any atom is -0.493 e. The van der Waals surface area contributed by atoms with Gasteiger partial charge in [-0.15, -0.1) is 0 Å². The van der Waals surface area contributed by atoms with Crippen LogP contribution in [0.4, 0.5) is 0 Å². The van der Waals surface area contributed by atoms with E-state index < -0.39 is 5.97 Å². The Morgan fingerprint density at radius 3 is 2.12 bits per heavy atom. The van der Waals surface area contributed by atoms with Gasteiger partial charge in [0.2, 0.25) is 0 Å². The van der Waals surface area contributed by atoms with E-state index in [2.05, 4.69) is 9.97 Å². The molecule has 5 N–H and O–H groups in total. The van der Waals surface area contributed by atoms with Crippen LogP contribution in [0.3, 0.4) is 0 Å². The zero-order valence-corrected chi connectivity index (χ0v) is 18.8. The Hall–Kier alpha value is -4.43. The quantitative estimate of drug-likeness (QED) is 0.283. The molecular formula is C26H24N4O4. The van der Waals surface area contributed by atoms with Crippen LogP contribution in [0.25, 0.3) is 33.4 Å². The third-order valence-corrected chi connectivity index (χ3v) is 5.57. The molecule has 0 saturated heterocycles. The molecule has 4 aromatic rings. The van der Waals surface area contributed by atoms with Crippen molar-refractivity contribution in [3.05, 3.63) is 83.7 Å². The van der Waals surface area contributed by atoms with E-state index in [1.54, 1.807) is 44.6 Å². The lowest BCUT2D eigenvalue weighted by Gasteiger charge is -2.12. The van der Waals surface area contributed by atoms with Crippen molar-refractivity contribution in [3.8, 4) is 22.8 Å². The standard InChI is InChI=1S/C26H24N4O4/c1-33-21-11-19-20(12-22(21)34-2)29-14-30-25(19)18-9-7-16(8-10-18)23(26(31)32)24(28)17-5-3-15(13-27)4-6-17/h3-12,14H,13,27-28H2,1-2H3,(H,31,32)/b24-23+. The van der Waals surface area contributed by atoms with E-state index in [1.807, 2.05) is 30.3 Å². The molecule has 8 heteroatoms. The van der Waals surface area contributed by atoms with Gasteiger partial charge in [-0.3, -0.25) is 0 Å². The van der Waals surface area contributed by atoms with Gasteiger partial charge in [-0.25, -0.2) is 14.8 Å². The Labute approximate surface area is 196 Å². The lowest BCUT2D eigenvalue weighted by molar-refractivity contribution is -0.130. The Morgan fingerprint density at radius 2 is 1.53 bits per heavy atom. The molecule has 0 radical (unpaired) electrons. The number of carbonyl (C=O) groups is 1. The third kappa shape index (κ3) is 4.26. The first-order valence-electron chi connectivity index (χ1n) is 10.5. The van der Waals surface area contributed by atoms with Crippen molar-refractivity contribution in [3.63, 3.8) is 0 Å². The Kier molecular flexibility index (Phi) is 6.42. The monoisotopic (exact) mass is 456 g/mol. The molecule has 3 aromatic carbocycles. The first-order valence-corrected chi connectivity index (χ1v) is 10.5. The zero-order chi connectivity index (χ0) is 24.2. The van der Waals surface area contributed by atoms with Crippen LogP contribution in [-0.2, 0) is 11.3 Å². The number of aromatic nitrogens is 2. The van der Waals surface area contributed by atoms with E-state index in [4.69, 9.17) is 20.9 Å². The minimum atomic E-state index is -1.11. The number of ether oxygens (including phenoxy) is 2. The van der Waals surface area contributed by atoms with Gasteiger partial charge in [0.25, 0.3) is 0 Å². The highest BCUT2D eigenvalue weighted by atomic mass is 16.5. The molecular weight excluding hydrogens is 432 g/mol. The molecule has 0 bridgehead atoms. The van der Waals surface area contributed by atoms with Crippen molar-refractivity contribution in [2.24, 2.45) is 11.5 Å². The molecule has 0 spiro atoms. The van der Waals surface area contributed by atoms with E-state index in [0.29, 0.717) is 40.4 Å². The van der Waals surface area contributed by atoms with Crippen LogP contribution < -0.4 is 20.9 Å². The van der Waals surface area contributed by atoms with Crippen LogP contribution in [-0.4, -0.2) is 35.3 Å². The molecule has 0 aliphatic heterocycles. The van der Waals surface area contributed by atoms with E-state index in [1.165, 1.54) is 6.33 Å². The highest BCUT2D eigenvalue weighted by molar-refractivity contribution is 6.23. The fourth-order valence-corrected chi connectivity index (χ4v) is 3.77. The average molecular weight is 457 g/mol. The molecule has 172 valence electrons. The van der Waals surface area contributed by atoms with E-state index in [0.717, 1.165) is 16.5 Å². The van der Waals surface area contributed by atoms with Gasteiger partial charge in [-0.2, -0.15) is 0 Å². The molecule has 0 aliphatic carbocycles. The predicted octanol–water partition coefficient (Wildman–Crippen LogP) is 3.68. The summed E-state index contributed by atoms with van der Waals surface area (Å²) in [6, 6.07) is 17.8. The molecule has 0 saturated carbocycles. The fourth-order valence-electron chi connectivity index (χ4n) is 3.77. The average Bonchev–Trinajstić information content (AvgIpc) is 2.87.